The second-order valence-electron chi connectivity index (χ2n) is 8.33. The molecule has 0 unspecified atom stereocenters. The number of non-ortho nitro benzene ring substituents is 1. The van der Waals surface area contributed by atoms with Gasteiger partial charge in [-0.05, 0) is 42.3 Å². The minimum absolute atomic E-state index is 0.141. The summed E-state index contributed by atoms with van der Waals surface area (Å²) < 4.78 is 7.14. The molecule has 0 amide bonds. The summed E-state index contributed by atoms with van der Waals surface area (Å²) in [5.74, 6) is -0.544. The predicted octanol–water partition coefficient (Wildman–Crippen LogP) is 4.51. The lowest BCUT2D eigenvalue weighted by atomic mass is 9.91. The number of hydrogen-bond donors (Lipinski definition) is 0. The number of aromatic nitrogens is 1. The molecule has 1 aliphatic heterocycles. The Morgan fingerprint density at radius 1 is 1.22 bits per heavy atom. The Kier molecular flexibility index (Phi) is 6.49. The molecule has 0 fully saturated rings. The highest BCUT2D eigenvalue weighted by Crippen LogP contribution is 2.34. The van der Waals surface area contributed by atoms with E-state index in [1.54, 1.807) is 13.8 Å². The van der Waals surface area contributed by atoms with Crippen LogP contribution < -0.4 is 14.9 Å². The Balaban J connectivity index is 1.80. The van der Waals surface area contributed by atoms with Gasteiger partial charge in [0.15, 0.2) is 4.80 Å². The summed E-state index contributed by atoms with van der Waals surface area (Å²) in [6.07, 6.45) is 1.52. The lowest BCUT2D eigenvalue weighted by Crippen LogP contribution is -2.40. The molecule has 0 radical (unpaired) electrons. The van der Waals surface area contributed by atoms with Gasteiger partial charge in [-0.25, -0.2) is 9.79 Å². The zero-order valence-corrected chi connectivity index (χ0v) is 21.4. The Morgan fingerprint density at radius 2 is 1.97 bits per heavy atom. The van der Waals surface area contributed by atoms with E-state index in [1.807, 2.05) is 42.5 Å². The van der Waals surface area contributed by atoms with Gasteiger partial charge in [-0.3, -0.25) is 19.5 Å². The number of esters is 1. The van der Waals surface area contributed by atoms with Crippen LogP contribution in [-0.4, -0.2) is 22.1 Å². The van der Waals surface area contributed by atoms with Crippen LogP contribution in [0.4, 0.5) is 5.69 Å². The highest BCUT2D eigenvalue weighted by molar-refractivity contribution is 7.07. The molecule has 2 heterocycles. The Bertz CT molecular complexity index is 1800. The summed E-state index contributed by atoms with van der Waals surface area (Å²) in [4.78, 5) is 42.7. The van der Waals surface area contributed by atoms with Crippen LogP contribution in [0.1, 0.15) is 31.0 Å². The largest absolute Gasteiger partial charge is 0.463 e. The molecule has 186 valence electrons. The number of thiazole rings is 1. The van der Waals surface area contributed by atoms with E-state index in [-0.39, 0.29) is 27.4 Å². The van der Waals surface area contributed by atoms with Crippen LogP contribution in [0.3, 0.4) is 0 Å². The predicted molar refractivity (Wildman–Crippen MR) is 142 cm³/mol. The Hall–Kier alpha value is -4.08. The van der Waals surface area contributed by atoms with E-state index in [0.29, 0.717) is 16.1 Å². The van der Waals surface area contributed by atoms with Crippen molar-refractivity contribution < 1.29 is 14.5 Å². The number of benzene rings is 3. The molecule has 10 heteroatoms. The summed E-state index contributed by atoms with van der Waals surface area (Å²) in [6.45, 7) is 3.62. The highest BCUT2D eigenvalue weighted by atomic mass is 35.5. The number of nitro groups is 1. The summed E-state index contributed by atoms with van der Waals surface area (Å²) in [5.41, 5.74) is 1.31. The van der Waals surface area contributed by atoms with Gasteiger partial charge in [0, 0.05) is 22.7 Å². The second kappa shape index (κ2) is 9.76. The fraction of sp³-hybridized carbons (Fsp3) is 0.148. The minimum atomic E-state index is -0.774. The second-order valence-corrected chi connectivity index (χ2v) is 9.75. The zero-order valence-electron chi connectivity index (χ0n) is 19.8. The lowest BCUT2D eigenvalue weighted by molar-refractivity contribution is -0.384. The quantitative estimate of drug-likeness (QED) is 0.213. The van der Waals surface area contributed by atoms with Crippen LogP contribution in [0.5, 0.6) is 0 Å². The molecule has 0 saturated heterocycles. The first-order valence-electron chi connectivity index (χ1n) is 11.4. The molecule has 37 heavy (non-hydrogen) atoms. The van der Waals surface area contributed by atoms with Crippen molar-refractivity contribution in [2.75, 3.05) is 6.61 Å². The Labute approximate surface area is 219 Å². The highest BCUT2D eigenvalue weighted by Gasteiger charge is 2.34. The van der Waals surface area contributed by atoms with Crippen molar-refractivity contribution in [3.8, 4) is 0 Å². The number of rotatable bonds is 5. The van der Waals surface area contributed by atoms with Crippen LogP contribution in [-0.2, 0) is 9.53 Å². The monoisotopic (exact) mass is 533 g/mol. The standard InChI is InChI=1S/C27H20ClN3O5S/c1-3-36-26(33)23-15(2)29-27-30(24(23)20-10-6-8-16-7-4-5-9-19(16)20)25(32)22(37-27)14-17-13-18(31(34)35)11-12-21(17)28/h4-14,24H,3H2,1-2H3/b22-14-/t24-/m0/s1. The summed E-state index contributed by atoms with van der Waals surface area (Å²) >= 11 is 7.42. The number of carbonyl (C=O) groups excluding carboxylic acids is 1. The molecular weight excluding hydrogens is 514 g/mol. The van der Waals surface area contributed by atoms with Gasteiger partial charge in [0.25, 0.3) is 11.2 Å². The Morgan fingerprint density at radius 3 is 2.73 bits per heavy atom. The SMILES string of the molecule is CCOC(=O)C1=C(C)N=c2s/c(=C\c3cc([N+](=O)[O-])ccc3Cl)c(=O)n2[C@H]1c1cccc2ccccc12. The first-order valence-corrected chi connectivity index (χ1v) is 12.6. The maximum atomic E-state index is 13.8. The van der Waals surface area contributed by atoms with E-state index in [4.69, 9.17) is 16.3 Å². The molecule has 8 nitrogen and oxygen atoms in total. The number of nitro benzene ring substituents is 1. The molecule has 5 rings (SSSR count). The molecule has 0 spiro atoms. The molecular formula is C27H20ClN3O5S. The molecule has 0 N–H and O–H groups in total. The number of ether oxygens (including phenoxy) is 1. The number of hydrogen-bond acceptors (Lipinski definition) is 7. The van der Waals surface area contributed by atoms with Crippen molar-refractivity contribution in [2.45, 2.75) is 19.9 Å². The van der Waals surface area contributed by atoms with Gasteiger partial charge in [-0.15, -0.1) is 0 Å². The molecule has 3 aromatic carbocycles. The molecule has 1 aliphatic rings. The third kappa shape index (κ3) is 4.36. The van der Waals surface area contributed by atoms with Crippen LogP contribution >= 0.6 is 22.9 Å². The average Bonchev–Trinajstić information content (AvgIpc) is 3.18. The van der Waals surface area contributed by atoms with Crippen molar-refractivity contribution in [1.29, 1.82) is 0 Å². The first kappa shape index (κ1) is 24.6. The summed E-state index contributed by atoms with van der Waals surface area (Å²) in [7, 11) is 0. The number of carbonyl (C=O) groups is 1. The molecule has 0 saturated carbocycles. The molecule has 1 atom stereocenters. The van der Waals surface area contributed by atoms with Crippen molar-refractivity contribution >= 4 is 51.4 Å². The van der Waals surface area contributed by atoms with E-state index in [2.05, 4.69) is 4.99 Å². The third-order valence-corrected chi connectivity index (χ3v) is 7.44. The van der Waals surface area contributed by atoms with Crippen molar-refractivity contribution in [2.24, 2.45) is 4.99 Å². The number of fused-ring (bicyclic) bond motifs is 2. The van der Waals surface area contributed by atoms with E-state index in [9.17, 15) is 19.7 Å². The van der Waals surface area contributed by atoms with Crippen LogP contribution in [0.15, 0.2) is 81.7 Å². The summed E-state index contributed by atoms with van der Waals surface area (Å²) in [6, 6.07) is 16.7. The van der Waals surface area contributed by atoms with E-state index in [1.165, 1.54) is 28.8 Å². The maximum absolute atomic E-state index is 13.8. The molecule has 0 bridgehead atoms. The van der Waals surface area contributed by atoms with Gasteiger partial charge in [0.05, 0.1) is 33.4 Å². The van der Waals surface area contributed by atoms with Gasteiger partial charge in [0.1, 0.15) is 0 Å². The van der Waals surface area contributed by atoms with Gasteiger partial charge in [-0.1, -0.05) is 65.4 Å². The van der Waals surface area contributed by atoms with Gasteiger partial charge < -0.3 is 4.74 Å². The molecule has 0 aliphatic carbocycles. The van der Waals surface area contributed by atoms with Gasteiger partial charge >= 0.3 is 5.97 Å². The van der Waals surface area contributed by atoms with E-state index in [0.717, 1.165) is 27.7 Å². The number of halogens is 1. The van der Waals surface area contributed by atoms with E-state index >= 15 is 0 Å². The topological polar surface area (TPSA) is 104 Å². The van der Waals surface area contributed by atoms with Crippen LogP contribution in [0.2, 0.25) is 5.02 Å². The normalized spacial score (nSPS) is 15.4. The van der Waals surface area contributed by atoms with Gasteiger partial charge in [-0.2, -0.15) is 0 Å². The summed E-state index contributed by atoms with van der Waals surface area (Å²) in [5, 5.41) is 13.4. The first-order chi connectivity index (χ1) is 17.8. The zero-order chi connectivity index (χ0) is 26.3. The van der Waals surface area contributed by atoms with Crippen molar-refractivity contribution in [1.82, 2.24) is 4.57 Å². The average molecular weight is 534 g/mol. The molecule has 4 aromatic rings. The fourth-order valence-electron chi connectivity index (χ4n) is 4.47. The number of nitrogens with zero attached hydrogens (tertiary/aromatic N) is 3. The number of allylic oxidation sites excluding steroid dienone is 1. The van der Waals surface area contributed by atoms with E-state index < -0.39 is 22.5 Å². The smallest absolute Gasteiger partial charge is 0.338 e. The van der Waals surface area contributed by atoms with Crippen molar-refractivity contribution in [3.63, 3.8) is 0 Å². The van der Waals surface area contributed by atoms with Gasteiger partial charge in [0.2, 0.25) is 0 Å². The van der Waals surface area contributed by atoms with Crippen molar-refractivity contribution in [3.05, 3.63) is 118 Å². The molecule has 1 aromatic heterocycles. The maximum Gasteiger partial charge on any atom is 0.338 e. The lowest BCUT2D eigenvalue weighted by Gasteiger charge is -2.25. The van der Waals surface area contributed by atoms with Crippen LogP contribution in [0, 0.1) is 10.1 Å². The fourth-order valence-corrected chi connectivity index (χ4v) is 5.68. The van der Waals surface area contributed by atoms with Crippen LogP contribution in [0.25, 0.3) is 16.8 Å². The third-order valence-electron chi connectivity index (χ3n) is 6.11. The minimum Gasteiger partial charge on any atom is -0.463 e.